The summed E-state index contributed by atoms with van der Waals surface area (Å²) in [5.41, 5.74) is 2.65. The molecule has 0 bridgehead atoms. The normalized spacial score (nSPS) is 18.4. The Morgan fingerprint density at radius 2 is 1.73 bits per heavy atom. The average molecular weight is 461 g/mol. The van der Waals surface area contributed by atoms with E-state index >= 15 is 0 Å². The van der Waals surface area contributed by atoms with Crippen LogP contribution in [0, 0.1) is 0 Å². The summed E-state index contributed by atoms with van der Waals surface area (Å²) < 4.78 is 1.70. The fourth-order valence-corrected chi connectivity index (χ4v) is 4.65. The summed E-state index contributed by atoms with van der Waals surface area (Å²) >= 11 is 6.43. The molecule has 2 N–H and O–H groups in total. The number of hydrogen-bond donors (Lipinski definition) is 2. The first-order valence-electron chi connectivity index (χ1n) is 11.2. The lowest BCUT2D eigenvalue weighted by Crippen LogP contribution is -2.29. The zero-order valence-electron chi connectivity index (χ0n) is 18.1. The first-order valence-corrected chi connectivity index (χ1v) is 11.6. The van der Waals surface area contributed by atoms with Crippen LogP contribution in [-0.4, -0.2) is 31.8 Å². The number of aliphatic hydroxyl groups is 1. The molecule has 0 unspecified atom stereocenters. The molecule has 1 fully saturated rings. The number of nitrogens with zero attached hydrogens (tertiary/aromatic N) is 3. The van der Waals surface area contributed by atoms with Crippen molar-refractivity contribution in [2.24, 2.45) is 0 Å². The van der Waals surface area contributed by atoms with Crippen LogP contribution < -0.4 is 10.9 Å². The first-order chi connectivity index (χ1) is 16.1. The quantitative estimate of drug-likeness (QED) is 0.444. The molecular weight excluding hydrogens is 436 g/mol. The number of rotatable bonds is 5. The molecule has 4 aromatic rings. The van der Waals surface area contributed by atoms with Gasteiger partial charge in [-0.1, -0.05) is 60.1 Å². The fourth-order valence-electron chi connectivity index (χ4n) is 4.42. The van der Waals surface area contributed by atoms with E-state index in [1.54, 1.807) is 16.8 Å². The molecule has 1 aliphatic carbocycles. The summed E-state index contributed by atoms with van der Waals surface area (Å²) in [6.07, 6.45) is 4.80. The number of hydrogen-bond acceptors (Lipinski definition) is 5. The Balaban J connectivity index is 1.61. The van der Waals surface area contributed by atoms with Crippen molar-refractivity contribution in [3.8, 4) is 11.1 Å². The first kappa shape index (κ1) is 21.6. The maximum atomic E-state index is 13.7. The molecule has 0 radical (unpaired) electrons. The smallest absolute Gasteiger partial charge is 0.260 e. The van der Waals surface area contributed by atoms with Crippen LogP contribution in [0.2, 0.25) is 5.02 Å². The van der Waals surface area contributed by atoms with Crippen LogP contribution in [0.3, 0.4) is 0 Å². The number of halogens is 1. The number of benzene rings is 2. The Hall–Kier alpha value is -3.22. The van der Waals surface area contributed by atoms with Crippen LogP contribution >= 0.6 is 11.6 Å². The van der Waals surface area contributed by atoms with Crippen molar-refractivity contribution in [1.82, 2.24) is 14.5 Å². The molecule has 168 valence electrons. The number of pyridine rings is 1. The van der Waals surface area contributed by atoms with E-state index in [1.165, 1.54) is 0 Å². The van der Waals surface area contributed by atoms with E-state index in [1.807, 2.05) is 54.6 Å². The number of anilines is 1. The van der Waals surface area contributed by atoms with Crippen LogP contribution in [0.1, 0.15) is 31.2 Å². The highest BCUT2D eigenvalue weighted by atomic mass is 35.5. The largest absolute Gasteiger partial charge is 0.393 e. The average Bonchev–Trinajstić information content (AvgIpc) is 2.83. The summed E-state index contributed by atoms with van der Waals surface area (Å²) in [4.78, 5) is 22.9. The molecule has 0 amide bonds. The SMILES string of the molecule is O=c1c(-c2ccccc2Cl)cc2cnc(NC3CCC(O)CC3)nc2n1Cc1ccccc1. The molecule has 0 spiro atoms. The van der Waals surface area contributed by atoms with E-state index < -0.39 is 0 Å². The Labute approximate surface area is 196 Å². The van der Waals surface area contributed by atoms with Crippen molar-refractivity contribution in [1.29, 1.82) is 0 Å². The molecule has 2 aromatic heterocycles. The molecule has 6 nitrogen and oxygen atoms in total. The summed E-state index contributed by atoms with van der Waals surface area (Å²) in [6.45, 7) is 0.389. The second kappa shape index (κ2) is 9.33. The van der Waals surface area contributed by atoms with Gasteiger partial charge in [0, 0.05) is 33.8 Å². The standard InChI is InChI=1S/C26H25ClN4O2/c27-23-9-5-4-8-21(23)22-14-18-15-28-26(29-19-10-12-20(32)13-11-19)30-24(18)31(25(22)33)16-17-6-2-1-3-7-17/h1-9,14-15,19-20,32H,10-13,16H2,(H,28,29,30). The van der Waals surface area contributed by atoms with Crippen molar-refractivity contribution in [2.75, 3.05) is 5.32 Å². The molecule has 2 aromatic carbocycles. The Morgan fingerprint density at radius 1 is 1.00 bits per heavy atom. The van der Waals surface area contributed by atoms with Gasteiger partial charge in [-0.3, -0.25) is 9.36 Å². The number of nitrogens with one attached hydrogen (secondary N) is 1. The van der Waals surface area contributed by atoms with E-state index in [4.69, 9.17) is 16.6 Å². The van der Waals surface area contributed by atoms with Gasteiger partial charge in [-0.2, -0.15) is 4.98 Å². The number of aliphatic hydroxyl groups excluding tert-OH is 1. The molecule has 1 saturated carbocycles. The zero-order valence-corrected chi connectivity index (χ0v) is 18.9. The minimum atomic E-state index is -0.222. The van der Waals surface area contributed by atoms with Crippen molar-refractivity contribution in [3.63, 3.8) is 0 Å². The molecule has 33 heavy (non-hydrogen) atoms. The highest BCUT2D eigenvalue weighted by molar-refractivity contribution is 6.33. The molecule has 0 atom stereocenters. The zero-order chi connectivity index (χ0) is 22.8. The third-order valence-electron chi connectivity index (χ3n) is 6.20. The lowest BCUT2D eigenvalue weighted by atomic mass is 9.93. The molecule has 7 heteroatoms. The predicted octanol–water partition coefficient (Wildman–Crippen LogP) is 4.88. The second-order valence-electron chi connectivity index (χ2n) is 8.54. The van der Waals surface area contributed by atoms with Gasteiger partial charge in [-0.25, -0.2) is 4.98 Å². The van der Waals surface area contributed by atoms with Crippen LogP contribution in [0.4, 0.5) is 5.95 Å². The summed E-state index contributed by atoms with van der Waals surface area (Å²) in [6, 6.07) is 19.2. The monoisotopic (exact) mass is 460 g/mol. The van der Waals surface area contributed by atoms with Gasteiger partial charge in [-0.05, 0) is 43.4 Å². The molecule has 5 rings (SSSR count). The van der Waals surface area contributed by atoms with E-state index in [9.17, 15) is 9.90 Å². The van der Waals surface area contributed by atoms with Crippen molar-refractivity contribution < 1.29 is 5.11 Å². The van der Waals surface area contributed by atoms with Crippen molar-refractivity contribution in [3.05, 3.63) is 87.8 Å². The van der Waals surface area contributed by atoms with Crippen LogP contribution in [0.5, 0.6) is 0 Å². The Bertz CT molecular complexity index is 1330. The number of fused-ring (bicyclic) bond motifs is 1. The fraction of sp³-hybridized carbons (Fsp3) is 0.269. The van der Waals surface area contributed by atoms with E-state index in [0.29, 0.717) is 34.3 Å². The Morgan fingerprint density at radius 3 is 2.48 bits per heavy atom. The summed E-state index contributed by atoms with van der Waals surface area (Å²) in [5.74, 6) is 0.496. The maximum Gasteiger partial charge on any atom is 0.260 e. The molecule has 0 aliphatic heterocycles. The minimum absolute atomic E-state index is 0.148. The number of aromatic nitrogens is 3. The second-order valence-corrected chi connectivity index (χ2v) is 8.94. The van der Waals surface area contributed by atoms with Crippen LogP contribution in [0.25, 0.3) is 22.2 Å². The lowest BCUT2D eigenvalue weighted by Gasteiger charge is -2.26. The van der Waals surface area contributed by atoms with Crippen LogP contribution in [-0.2, 0) is 6.54 Å². The maximum absolute atomic E-state index is 13.7. The van der Waals surface area contributed by atoms with E-state index in [-0.39, 0.29) is 17.7 Å². The van der Waals surface area contributed by atoms with Gasteiger partial charge < -0.3 is 10.4 Å². The molecule has 1 aliphatic rings. The minimum Gasteiger partial charge on any atom is -0.393 e. The third-order valence-corrected chi connectivity index (χ3v) is 6.53. The van der Waals surface area contributed by atoms with Crippen molar-refractivity contribution in [2.45, 2.75) is 44.4 Å². The van der Waals surface area contributed by atoms with Gasteiger partial charge in [0.05, 0.1) is 12.6 Å². The highest BCUT2D eigenvalue weighted by Crippen LogP contribution is 2.28. The lowest BCUT2D eigenvalue weighted by molar-refractivity contribution is 0.126. The highest BCUT2D eigenvalue weighted by Gasteiger charge is 2.21. The Kier molecular flexibility index (Phi) is 6.11. The van der Waals surface area contributed by atoms with Crippen molar-refractivity contribution >= 4 is 28.6 Å². The van der Waals surface area contributed by atoms with Gasteiger partial charge in [0.15, 0.2) is 0 Å². The molecule has 2 heterocycles. The third kappa shape index (κ3) is 4.63. The van der Waals surface area contributed by atoms with E-state index in [2.05, 4.69) is 10.3 Å². The topological polar surface area (TPSA) is 80.0 Å². The predicted molar refractivity (Wildman–Crippen MR) is 132 cm³/mol. The van der Waals surface area contributed by atoms with E-state index in [0.717, 1.165) is 36.6 Å². The summed E-state index contributed by atoms with van der Waals surface area (Å²) in [5, 5.41) is 14.5. The van der Waals surface area contributed by atoms with Crippen LogP contribution in [0.15, 0.2) is 71.7 Å². The van der Waals surface area contributed by atoms with Gasteiger partial charge in [0.2, 0.25) is 5.95 Å². The van der Waals surface area contributed by atoms with Gasteiger partial charge in [-0.15, -0.1) is 0 Å². The molecule has 0 saturated heterocycles. The van der Waals surface area contributed by atoms with Gasteiger partial charge in [0.25, 0.3) is 5.56 Å². The summed E-state index contributed by atoms with van der Waals surface area (Å²) in [7, 11) is 0. The van der Waals surface area contributed by atoms with Gasteiger partial charge in [0.1, 0.15) is 5.65 Å². The molecular formula is C26H25ClN4O2. The van der Waals surface area contributed by atoms with Gasteiger partial charge >= 0.3 is 0 Å².